The van der Waals surface area contributed by atoms with Gasteiger partial charge < -0.3 is 14.7 Å². The first-order valence-electron chi connectivity index (χ1n) is 7.71. The Hall–Kier alpha value is -3.22. The van der Waals surface area contributed by atoms with Crippen molar-refractivity contribution in [1.29, 1.82) is 0 Å². The van der Waals surface area contributed by atoms with Crippen LogP contribution in [0.3, 0.4) is 0 Å². The number of benzene rings is 2. The van der Waals surface area contributed by atoms with E-state index in [4.69, 9.17) is 10.2 Å². The SMILES string of the molecule is NC(=O)c1cccc2c1c1[c]cc(C(F)(F)F)cc1n2Cc1ccoc1. The first-order valence-corrected chi connectivity index (χ1v) is 7.71. The van der Waals surface area contributed by atoms with Crippen molar-refractivity contribution < 1.29 is 22.4 Å². The zero-order chi connectivity index (χ0) is 18.5. The van der Waals surface area contributed by atoms with Gasteiger partial charge in [0.15, 0.2) is 0 Å². The van der Waals surface area contributed by atoms with Gasteiger partial charge in [-0.15, -0.1) is 0 Å². The quantitative estimate of drug-likeness (QED) is 0.592. The molecule has 7 heteroatoms. The highest BCUT2D eigenvalue weighted by atomic mass is 19.4. The van der Waals surface area contributed by atoms with E-state index in [1.807, 2.05) is 0 Å². The van der Waals surface area contributed by atoms with E-state index in [1.54, 1.807) is 28.8 Å². The van der Waals surface area contributed by atoms with Crippen molar-refractivity contribution in [2.45, 2.75) is 12.7 Å². The van der Waals surface area contributed by atoms with E-state index in [2.05, 4.69) is 6.07 Å². The fourth-order valence-corrected chi connectivity index (χ4v) is 3.16. The first kappa shape index (κ1) is 16.3. The van der Waals surface area contributed by atoms with Crippen molar-refractivity contribution in [2.24, 2.45) is 5.73 Å². The predicted molar refractivity (Wildman–Crippen MR) is 89.6 cm³/mol. The van der Waals surface area contributed by atoms with Crippen LogP contribution in [-0.4, -0.2) is 10.5 Å². The smallest absolute Gasteiger partial charge is 0.416 e. The summed E-state index contributed by atoms with van der Waals surface area (Å²) in [7, 11) is 0. The van der Waals surface area contributed by atoms with Crippen molar-refractivity contribution in [3.63, 3.8) is 0 Å². The Kier molecular flexibility index (Phi) is 3.54. The standard InChI is InChI=1S/C19H12F3N2O2/c20-19(21,22)12-4-5-13-16(8-12)24(9-11-6-7-26-10-11)15-3-1-2-14(17(13)15)18(23)25/h1-4,6-8,10H,9H2,(H2,23,25). The van der Waals surface area contributed by atoms with Crippen molar-refractivity contribution in [3.05, 3.63) is 71.7 Å². The van der Waals surface area contributed by atoms with Crippen LogP contribution in [0.2, 0.25) is 0 Å². The Balaban J connectivity index is 2.09. The van der Waals surface area contributed by atoms with Gasteiger partial charge in [-0.25, -0.2) is 0 Å². The van der Waals surface area contributed by atoms with Gasteiger partial charge in [-0.1, -0.05) is 6.07 Å². The highest BCUT2D eigenvalue weighted by Crippen LogP contribution is 2.36. The number of hydrogen-bond acceptors (Lipinski definition) is 2. The summed E-state index contributed by atoms with van der Waals surface area (Å²) in [6.07, 6.45) is -1.48. The van der Waals surface area contributed by atoms with Gasteiger partial charge in [0.25, 0.3) is 0 Å². The second kappa shape index (κ2) is 5.66. The maximum Gasteiger partial charge on any atom is 0.416 e. The molecule has 4 aromatic rings. The molecule has 2 heterocycles. The number of nitrogens with two attached hydrogens (primary N) is 1. The average Bonchev–Trinajstić information content (AvgIpc) is 3.21. The van der Waals surface area contributed by atoms with Crippen LogP contribution < -0.4 is 5.73 Å². The van der Waals surface area contributed by atoms with Gasteiger partial charge in [0.05, 0.1) is 35.7 Å². The van der Waals surface area contributed by atoms with Crippen molar-refractivity contribution in [3.8, 4) is 0 Å². The molecule has 0 aliphatic heterocycles. The second-order valence-corrected chi connectivity index (χ2v) is 5.93. The minimum atomic E-state index is -4.49. The summed E-state index contributed by atoms with van der Waals surface area (Å²) in [5.74, 6) is -0.647. The van der Waals surface area contributed by atoms with Gasteiger partial charge in [0.2, 0.25) is 5.91 Å². The number of rotatable bonds is 3. The molecular formula is C19H12F3N2O2. The molecular weight excluding hydrogens is 345 g/mol. The summed E-state index contributed by atoms with van der Waals surface area (Å²) in [4.78, 5) is 11.8. The Labute approximate surface area is 145 Å². The molecule has 0 saturated carbocycles. The molecule has 0 fully saturated rings. The van der Waals surface area contributed by atoms with Crippen LogP contribution in [0.1, 0.15) is 21.5 Å². The van der Waals surface area contributed by atoms with E-state index in [9.17, 15) is 18.0 Å². The Morgan fingerprint density at radius 3 is 2.69 bits per heavy atom. The average molecular weight is 357 g/mol. The maximum atomic E-state index is 13.2. The molecule has 4 nitrogen and oxygen atoms in total. The van der Waals surface area contributed by atoms with Crippen LogP contribution in [0.5, 0.6) is 0 Å². The molecule has 1 radical (unpaired) electrons. The lowest BCUT2D eigenvalue weighted by molar-refractivity contribution is -0.137. The molecule has 0 saturated heterocycles. The summed E-state index contributed by atoms with van der Waals surface area (Å²) in [6, 6.07) is 11.3. The monoisotopic (exact) mass is 357 g/mol. The summed E-state index contributed by atoms with van der Waals surface area (Å²) < 4.78 is 46.3. The van der Waals surface area contributed by atoms with E-state index < -0.39 is 17.6 Å². The number of primary amides is 1. The lowest BCUT2D eigenvalue weighted by Crippen LogP contribution is -2.11. The summed E-state index contributed by atoms with van der Waals surface area (Å²) >= 11 is 0. The summed E-state index contributed by atoms with van der Waals surface area (Å²) in [6.45, 7) is 0.286. The largest absolute Gasteiger partial charge is 0.472 e. The number of alkyl halides is 3. The number of aromatic nitrogens is 1. The third-order valence-corrected chi connectivity index (χ3v) is 4.31. The van der Waals surface area contributed by atoms with Gasteiger partial charge >= 0.3 is 6.18 Å². The minimum Gasteiger partial charge on any atom is -0.472 e. The van der Waals surface area contributed by atoms with E-state index in [0.29, 0.717) is 21.8 Å². The molecule has 1 amide bonds. The van der Waals surface area contributed by atoms with Crippen LogP contribution >= 0.6 is 0 Å². The van der Waals surface area contributed by atoms with Gasteiger partial charge in [-0.3, -0.25) is 4.79 Å². The number of halogens is 3. The fourth-order valence-electron chi connectivity index (χ4n) is 3.16. The zero-order valence-electron chi connectivity index (χ0n) is 13.3. The molecule has 0 aliphatic carbocycles. The van der Waals surface area contributed by atoms with Crippen molar-refractivity contribution in [1.82, 2.24) is 4.57 Å². The molecule has 2 aromatic heterocycles. The molecule has 0 unspecified atom stereocenters. The number of fused-ring (bicyclic) bond motifs is 3. The lowest BCUT2D eigenvalue weighted by Gasteiger charge is -2.09. The van der Waals surface area contributed by atoms with E-state index in [-0.39, 0.29) is 12.1 Å². The van der Waals surface area contributed by atoms with Crippen LogP contribution in [-0.2, 0) is 12.7 Å². The lowest BCUT2D eigenvalue weighted by atomic mass is 10.0. The number of hydrogen-bond donors (Lipinski definition) is 1. The summed E-state index contributed by atoms with van der Waals surface area (Å²) in [5, 5.41) is 0.915. The molecule has 0 spiro atoms. The number of furan rings is 1. The number of amides is 1. The van der Waals surface area contributed by atoms with Crippen LogP contribution in [0.25, 0.3) is 21.8 Å². The summed E-state index contributed by atoms with van der Waals surface area (Å²) in [5.41, 5.74) is 6.61. The van der Waals surface area contributed by atoms with Crippen LogP contribution in [0, 0.1) is 6.07 Å². The van der Waals surface area contributed by atoms with Crippen molar-refractivity contribution >= 4 is 27.7 Å². The number of carbonyl (C=O) groups is 1. The fraction of sp³-hybridized carbons (Fsp3) is 0.105. The highest BCUT2D eigenvalue weighted by Gasteiger charge is 2.31. The van der Waals surface area contributed by atoms with E-state index in [1.165, 1.54) is 12.5 Å². The third kappa shape index (κ3) is 2.52. The molecule has 0 atom stereocenters. The normalized spacial score (nSPS) is 12.1. The second-order valence-electron chi connectivity index (χ2n) is 5.93. The van der Waals surface area contributed by atoms with Gasteiger partial charge in [0, 0.05) is 21.9 Å². The van der Waals surface area contributed by atoms with Crippen molar-refractivity contribution in [2.75, 3.05) is 0 Å². The van der Waals surface area contributed by atoms with Gasteiger partial charge in [-0.2, -0.15) is 13.2 Å². The Morgan fingerprint density at radius 2 is 2.04 bits per heavy atom. The molecule has 26 heavy (non-hydrogen) atoms. The molecule has 0 aliphatic rings. The number of nitrogens with zero attached hydrogens (tertiary/aromatic N) is 1. The molecule has 2 N–H and O–H groups in total. The minimum absolute atomic E-state index is 0.245. The third-order valence-electron chi connectivity index (χ3n) is 4.31. The van der Waals surface area contributed by atoms with E-state index in [0.717, 1.165) is 17.7 Å². The number of carbonyl (C=O) groups excluding carboxylic acids is 1. The van der Waals surface area contributed by atoms with E-state index >= 15 is 0 Å². The zero-order valence-corrected chi connectivity index (χ0v) is 13.3. The van der Waals surface area contributed by atoms with Crippen LogP contribution in [0.15, 0.2) is 53.3 Å². The van der Waals surface area contributed by atoms with Gasteiger partial charge in [0.1, 0.15) is 0 Å². The highest BCUT2D eigenvalue weighted by molar-refractivity contribution is 6.17. The molecule has 2 aromatic carbocycles. The van der Waals surface area contributed by atoms with Gasteiger partial charge in [-0.05, 0) is 36.4 Å². The molecule has 4 rings (SSSR count). The predicted octanol–water partition coefficient (Wildman–Crippen LogP) is 4.35. The topological polar surface area (TPSA) is 61.2 Å². The molecule has 0 bridgehead atoms. The first-order chi connectivity index (χ1) is 12.4. The van der Waals surface area contributed by atoms with Crippen LogP contribution in [0.4, 0.5) is 13.2 Å². The Morgan fingerprint density at radius 1 is 1.23 bits per heavy atom. The Bertz CT molecular complexity index is 1130. The maximum absolute atomic E-state index is 13.2. The molecule has 131 valence electrons.